The van der Waals surface area contributed by atoms with Gasteiger partial charge in [0.2, 0.25) is 5.91 Å². The van der Waals surface area contributed by atoms with Gasteiger partial charge in [-0.3, -0.25) is 9.79 Å². The van der Waals surface area contributed by atoms with Crippen molar-refractivity contribution in [2.45, 2.75) is 51.9 Å². The molecular formula is C15H25N3OS. The second kappa shape index (κ2) is 8.35. The van der Waals surface area contributed by atoms with Crippen LogP contribution in [0, 0.1) is 0 Å². The van der Waals surface area contributed by atoms with Gasteiger partial charge in [-0.15, -0.1) is 0 Å². The molecule has 0 aromatic carbocycles. The van der Waals surface area contributed by atoms with Gasteiger partial charge in [0.15, 0.2) is 5.17 Å². The van der Waals surface area contributed by atoms with Gasteiger partial charge in [0, 0.05) is 18.8 Å². The van der Waals surface area contributed by atoms with Gasteiger partial charge in [-0.25, -0.2) is 0 Å². The quantitative estimate of drug-likeness (QED) is 0.665. The van der Waals surface area contributed by atoms with E-state index in [2.05, 4.69) is 27.5 Å². The minimum absolute atomic E-state index is 0.138. The van der Waals surface area contributed by atoms with E-state index in [4.69, 9.17) is 0 Å². The zero-order valence-corrected chi connectivity index (χ0v) is 13.2. The van der Waals surface area contributed by atoms with Crippen molar-refractivity contribution in [3.63, 3.8) is 0 Å². The topological polar surface area (TPSA) is 44.7 Å². The van der Waals surface area contributed by atoms with Gasteiger partial charge < -0.3 is 10.2 Å². The van der Waals surface area contributed by atoms with Crippen LogP contribution in [-0.4, -0.2) is 35.6 Å². The number of rotatable bonds is 9. The predicted octanol–water partition coefficient (Wildman–Crippen LogP) is 3.11. The lowest BCUT2D eigenvalue weighted by Crippen LogP contribution is -2.29. The summed E-state index contributed by atoms with van der Waals surface area (Å²) in [5.41, 5.74) is 1.10. The first-order chi connectivity index (χ1) is 9.81. The first-order valence-corrected chi connectivity index (χ1v) is 8.63. The molecule has 0 saturated carbocycles. The molecule has 0 aliphatic carbocycles. The molecule has 1 amide bonds. The number of hydrogen-bond acceptors (Lipinski definition) is 4. The van der Waals surface area contributed by atoms with Crippen LogP contribution in [0.5, 0.6) is 0 Å². The summed E-state index contributed by atoms with van der Waals surface area (Å²) in [5, 5.41) is 6.14. The fraction of sp³-hybridized carbons (Fsp3) is 0.733. The third-order valence-electron chi connectivity index (χ3n) is 3.64. The summed E-state index contributed by atoms with van der Waals surface area (Å²) in [6.07, 6.45) is 8.04. The van der Waals surface area contributed by atoms with Crippen LogP contribution in [0.2, 0.25) is 0 Å². The normalized spacial score (nSPS) is 16.9. The van der Waals surface area contributed by atoms with Crippen molar-refractivity contribution >= 4 is 22.8 Å². The predicted molar refractivity (Wildman–Crippen MR) is 85.7 cm³/mol. The fourth-order valence-electron chi connectivity index (χ4n) is 2.48. The van der Waals surface area contributed by atoms with Crippen LogP contribution in [0.1, 0.15) is 51.9 Å². The number of carbonyl (C=O) groups is 1. The van der Waals surface area contributed by atoms with Gasteiger partial charge in [0.1, 0.15) is 0 Å². The van der Waals surface area contributed by atoms with Gasteiger partial charge in [-0.1, -0.05) is 50.8 Å². The maximum Gasteiger partial charge on any atom is 0.225 e. The zero-order valence-electron chi connectivity index (χ0n) is 12.4. The molecule has 2 rings (SSSR count). The molecule has 0 fully saturated rings. The highest BCUT2D eigenvalue weighted by Gasteiger charge is 2.27. The van der Waals surface area contributed by atoms with E-state index in [1.807, 2.05) is 0 Å². The molecule has 2 heterocycles. The zero-order chi connectivity index (χ0) is 14.2. The highest BCUT2D eigenvalue weighted by molar-refractivity contribution is 8.16. The summed E-state index contributed by atoms with van der Waals surface area (Å²) >= 11 is 1.64. The molecule has 4 nitrogen and oxygen atoms in total. The van der Waals surface area contributed by atoms with Crippen LogP contribution in [-0.2, 0) is 4.79 Å². The summed E-state index contributed by atoms with van der Waals surface area (Å²) in [7, 11) is 0. The summed E-state index contributed by atoms with van der Waals surface area (Å²) < 4.78 is 0. The average molecular weight is 295 g/mol. The Morgan fingerprint density at radius 3 is 3.00 bits per heavy atom. The molecule has 0 saturated heterocycles. The molecule has 0 radical (unpaired) electrons. The molecule has 0 atom stereocenters. The van der Waals surface area contributed by atoms with Crippen molar-refractivity contribution in [2.24, 2.45) is 4.99 Å². The lowest BCUT2D eigenvalue weighted by molar-refractivity contribution is -0.120. The summed E-state index contributed by atoms with van der Waals surface area (Å²) in [4.78, 5) is 18.4. The third-order valence-corrected chi connectivity index (χ3v) is 4.59. The van der Waals surface area contributed by atoms with E-state index >= 15 is 0 Å². The molecule has 0 aromatic rings. The number of amides is 1. The van der Waals surface area contributed by atoms with Crippen molar-refractivity contribution in [3.05, 3.63) is 11.1 Å². The number of nitrogens with zero attached hydrogens (tertiary/aromatic N) is 2. The third kappa shape index (κ3) is 4.54. The van der Waals surface area contributed by atoms with Gasteiger partial charge in [0.25, 0.3) is 0 Å². The number of nitrogens with one attached hydrogen (secondary N) is 1. The minimum atomic E-state index is 0.138. The Bertz CT molecular complexity index is 393. The highest BCUT2D eigenvalue weighted by atomic mass is 32.2. The monoisotopic (exact) mass is 295 g/mol. The van der Waals surface area contributed by atoms with E-state index in [0.717, 1.165) is 36.9 Å². The SMILES string of the molecule is CCCCCCCCNC(=O)CC1=CSC2=NCCN12. The summed E-state index contributed by atoms with van der Waals surface area (Å²) in [6.45, 7) is 4.83. The number of thioether (sulfide) groups is 1. The van der Waals surface area contributed by atoms with Gasteiger partial charge in [-0.05, 0) is 11.8 Å². The van der Waals surface area contributed by atoms with E-state index in [1.165, 1.54) is 32.1 Å². The maximum absolute atomic E-state index is 11.9. The molecule has 0 aromatic heterocycles. The Morgan fingerprint density at radius 2 is 2.15 bits per heavy atom. The highest BCUT2D eigenvalue weighted by Crippen LogP contribution is 2.30. The number of amidine groups is 1. The van der Waals surface area contributed by atoms with Crippen molar-refractivity contribution < 1.29 is 4.79 Å². The van der Waals surface area contributed by atoms with Crippen molar-refractivity contribution in [3.8, 4) is 0 Å². The van der Waals surface area contributed by atoms with Crippen LogP contribution < -0.4 is 5.32 Å². The molecule has 0 unspecified atom stereocenters. The van der Waals surface area contributed by atoms with Crippen molar-refractivity contribution in [2.75, 3.05) is 19.6 Å². The minimum Gasteiger partial charge on any atom is -0.356 e. The average Bonchev–Trinajstić information content (AvgIpc) is 3.03. The van der Waals surface area contributed by atoms with Crippen LogP contribution in [0.4, 0.5) is 0 Å². The maximum atomic E-state index is 11.9. The molecule has 112 valence electrons. The molecule has 0 spiro atoms. The summed E-state index contributed by atoms with van der Waals surface area (Å²) in [6, 6.07) is 0. The Morgan fingerprint density at radius 1 is 1.35 bits per heavy atom. The van der Waals surface area contributed by atoms with E-state index in [1.54, 1.807) is 11.8 Å². The number of fused-ring (bicyclic) bond motifs is 1. The lowest BCUT2D eigenvalue weighted by atomic mass is 10.1. The van der Waals surface area contributed by atoms with Crippen LogP contribution in [0.15, 0.2) is 16.1 Å². The van der Waals surface area contributed by atoms with E-state index in [0.29, 0.717) is 6.42 Å². The first-order valence-electron chi connectivity index (χ1n) is 7.75. The van der Waals surface area contributed by atoms with E-state index in [9.17, 15) is 4.79 Å². The standard InChI is InChI=1S/C15H25N3OS/c1-2-3-4-5-6-7-8-16-14(19)11-13-12-20-15-17-9-10-18(13)15/h12H,2-11H2,1H3,(H,16,19). The van der Waals surface area contributed by atoms with Gasteiger partial charge in [-0.2, -0.15) is 0 Å². The lowest BCUT2D eigenvalue weighted by Gasteiger charge is -2.16. The van der Waals surface area contributed by atoms with Crippen LogP contribution in [0.3, 0.4) is 0 Å². The second-order valence-electron chi connectivity index (χ2n) is 5.34. The van der Waals surface area contributed by atoms with Gasteiger partial charge >= 0.3 is 0 Å². The van der Waals surface area contributed by atoms with E-state index < -0.39 is 0 Å². The van der Waals surface area contributed by atoms with Gasteiger partial charge in [0.05, 0.1) is 13.0 Å². The summed E-state index contributed by atoms with van der Waals surface area (Å²) in [5.74, 6) is 0.138. The molecule has 20 heavy (non-hydrogen) atoms. The first kappa shape index (κ1) is 15.4. The Balaban J connectivity index is 1.54. The molecule has 2 aliphatic rings. The molecule has 2 aliphatic heterocycles. The molecular weight excluding hydrogens is 270 g/mol. The number of hydrogen-bond donors (Lipinski definition) is 1. The van der Waals surface area contributed by atoms with E-state index in [-0.39, 0.29) is 5.91 Å². The molecule has 0 bridgehead atoms. The van der Waals surface area contributed by atoms with Crippen LogP contribution >= 0.6 is 11.8 Å². The fourth-order valence-corrected chi connectivity index (χ4v) is 3.43. The second-order valence-corrected chi connectivity index (χ2v) is 6.17. The largest absolute Gasteiger partial charge is 0.356 e. The van der Waals surface area contributed by atoms with Crippen molar-refractivity contribution in [1.82, 2.24) is 10.2 Å². The number of aliphatic imine (C=N–C) groups is 1. The molecule has 1 N–H and O–H groups in total. The van der Waals surface area contributed by atoms with Crippen molar-refractivity contribution in [1.29, 1.82) is 0 Å². The number of carbonyl (C=O) groups excluding carboxylic acids is 1. The Hall–Kier alpha value is -0.970. The Labute approximate surface area is 126 Å². The molecule has 5 heteroatoms. The van der Waals surface area contributed by atoms with Crippen LogP contribution in [0.25, 0.3) is 0 Å². The Kier molecular flexibility index (Phi) is 6.43. The number of unbranched alkanes of at least 4 members (excludes halogenated alkanes) is 5. The smallest absolute Gasteiger partial charge is 0.225 e.